The van der Waals surface area contributed by atoms with Crippen LogP contribution in [0.3, 0.4) is 0 Å². The summed E-state index contributed by atoms with van der Waals surface area (Å²) < 4.78 is 13.4. The first-order chi connectivity index (χ1) is 17.3. The van der Waals surface area contributed by atoms with Crippen molar-refractivity contribution in [1.82, 2.24) is 4.57 Å². The third-order valence-electron chi connectivity index (χ3n) is 6.63. The largest absolute Gasteiger partial charge is 0.497 e. The van der Waals surface area contributed by atoms with Crippen LogP contribution < -0.4 is 9.47 Å². The van der Waals surface area contributed by atoms with Crippen molar-refractivity contribution < 1.29 is 9.47 Å². The van der Waals surface area contributed by atoms with E-state index in [0.29, 0.717) is 0 Å². The first-order valence-electron chi connectivity index (χ1n) is 11.7. The van der Waals surface area contributed by atoms with E-state index < -0.39 is 0 Å². The quantitative estimate of drug-likeness (QED) is 0.262. The second-order valence-electron chi connectivity index (χ2n) is 8.56. The molecule has 0 atom stereocenters. The summed E-state index contributed by atoms with van der Waals surface area (Å²) in [5.41, 5.74) is 8.18. The molecule has 6 aromatic rings. The molecule has 0 spiro atoms. The molecule has 0 bridgehead atoms. The normalized spacial score (nSPS) is 11.1. The topological polar surface area (TPSA) is 23.4 Å². The Bertz CT molecular complexity index is 1590. The highest BCUT2D eigenvalue weighted by molar-refractivity contribution is 6.10. The van der Waals surface area contributed by atoms with Crippen LogP contribution in [0.4, 0.5) is 0 Å². The smallest absolute Gasteiger partial charge is 0.119 e. The van der Waals surface area contributed by atoms with Crippen LogP contribution in [0.1, 0.15) is 0 Å². The van der Waals surface area contributed by atoms with Crippen molar-refractivity contribution in [3.8, 4) is 39.4 Å². The van der Waals surface area contributed by atoms with Gasteiger partial charge >= 0.3 is 0 Å². The predicted molar refractivity (Wildman–Crippen MR) is 145 cm³/mol. The highest BCUT2D eigenvalue weighted by Crippen LogP contribution is 2.39. The molecule has 35 heavy (non-hydrogen) atoms. The second-order valence-corrected chi connectivity index (χ2v) is 8.56. The molecule has 1 heterocycles. The molecule has 6 rings (SSSR count). The van der Waals surface area contributed by atoms with Gasteiger partial charge in [-0.25, -0.2) is 0 Å². The highest BCUT2D eigenvalue weighted by atomic mass is 16.5. The van der Waals surface area contributed by atoms with Crippen LogP contribution in [0.15, 0.2) is 115 Å². The molecule has 0 amide bonds. The summed E-state index contributed by atoms with van der Waals surface area (Å²) in [5, 5.41) is 2.26. The fourth-order valence-corrected chi connectivity index (χ4v) is 4.88. The number of benzene rings is 5. The van der Waals surface area contributed by atoms with Crippen molar-refractivity contribution >= 4 is 21.8 Å². The zero-order valence-electron chi connectivity index (χ0n) is 19.7. The molecule has 5 aromatic carbocycles. The third-order valence-corrected chi connectivity index (χ3v) is 6.63. The lowest BCUT2D eigenvalue weighted by atomic mass is 9.99. The van der Waals surface area contributed by atoms with Crippen LogP contribution in [0.2, 0.25) is 0 Å². The van der Waals surface area contributed by atoms with Gasteiger partial charge in [-0.15, -0.1) is 0 Å². The molecule has 1 aromatic heterocycles. The minimum Gasteiger partial charge on any atom is -0.497 e. The Kier molecular flexibility index (Phi) is 5.23. The standard InChI is InChI=1S/C32H25NO2/c1-34-25-16-18-31-28(20-25)29-21-26(35-2)17-19-32(29)33(31)30-11-7-6-10-27(30)24-14-12-23(13-15-24)22-8-4-3-5-9-22/h3-21H,1-2H3. The van der Waals surface area contributed by atoms with Gasteiger partial charge in [0.05, 0.1) is 30.9 Å². The van der Waals surface area contributed by atoms with Crippen molar-refractivity contribution in [3.63, 3.8) is 0 Å². The summed E-state index contributed by atoms with van der Waals surface area (Å²) in [6, 6.07) is 40.4. The van der Waals surface area contributed by atoms with Gasteiger partial charge in [-0.3, -0.25) is 0 Å². The average Bonchev–Trinajstić information content (AvgIpc) is 3.26. The SMILES string of the molecule is COc1ccc2c(c1)c1cc(OC)ccc1n2-c1ccccc1-c1ccc(-c2ccccc2)cc1. The lowest BCUT2D eigenvalue weighted by molar-refractivity contribution is 0.415. The van der Waals surface area contributed by atoms with Gasteiger partial charge in [-0.1, -0.05) is 72.8 Å². The first-order valence-corrected chi connectivity index (χ1v) is 11.7. The summed E-state index contributed by atoms with van der Waals surface area (Å²) in [7, 11) is 3.41. The molecule has 0 aliphatic carbocycles. The summed E-state index contributed by atoms with van der Waals surface area (Å²) >= 11 is 0. The molecule has 0 aliphatic heterocycles. The number of ether oxygens (including phenoxy) is 2. The molecule has 0 saturated heterocycles. The minimum absolute atomic E-state index is 0.837. The minimum atomic E-state index is 0.837. The number of para-hydroxylation sites is 1. The van der Waals surface area contributed by atoms with Crippen LogP contribution in [0, 0.1) is 0 Å². The van der Waals surface area contributed by atoms with Gasteiger partial charge in [-0.2, -0.15) is 0 Å². The first kappa shape index (κ1) is 21.1. The van der Waals surface area contributed by atoms with Gasteiger partial charge in [0.1, 0.15) is 11.5 Å². The number of aromatic nitrogens is 1. The fraction of sp³-hybridized carbons (Fsp3) is 0.0625. The number of fused-ring (bicyclic) bond motifs is 3. The van der Waals surface area contributed by atoms with E-state index in [1.807, 2.05) is 18.2 Å². The molecule has 0 radical (unpaired) electrons. The van der Waals surface area contributed by atoms with E-state index in [1.54, 1.807) is 14.2 Å². The molecule has 170 valence electrons. The van der Waals surface area contributed by atoms with E-state index in [4.69, 9.17) is 9.47 Å². The fourth-order valence-electron chi connectivity index (χ4n) is 4.88. The van der Waals surface area contributed by atoms with Crippen LogP contribution in [-0.2, 0) is 0 Å². The Balaban J connectivity index is 1.56. The summed E-state index contributed by atoms with van der Waals surface area (Å²) in [4.78, 5) is 0. The second kappa shape index (κ2) is 8.69. The van der Waals surface area contributed by atoms with Crippen molar-refractivity contribution in [2.24, 2.45) is 0 Å². The number of rotatable bonds is 5. The number of hydrogen-bond donors (Lipinski definition) is 0. The molecule has 0 unspecified atom stereocenters. The van der Waals surface area contributed by atoms with Crippen molar-refractivity contribution in [1.29, 1.82) is 0 Å². The number of methoxy groups -OCH3 is 2. The predicted octanol–water partition coefficient (Wildman–Crippen LogP) is 8.13. The lowest BCUT2D eigenvalue weighted by Gasteiger charge is -2.14. The Morgan fingerprint density at radius 2 is 1.00 bits per heavy atom. The van der Waals surface area contributed by atoms with Gasteiger partial charge in [0, 0.05) is 16.3 Å². The Hall–Kier alpha value is -4.50. The number of hydrogen-bond acceptors (Lipinski definition) is 2. The molecule has 3 heteroatoms. The Morgan fingerprint density at radius 3 is 1.60 bits per heavy atom. The van der Waals surface area contributed by atoms with E-state index in [1.165, 1.54) is 22.3 Å². The van der Waals surface area contributed by atoms with E-state index in [-0.39, 0.29) is 0 Å². The van der Waals surface area contributed by atoms with Crippen LogP contribution in [0.25, 0.3) is 49.7 Å². The molecule has 0 saturated carbocycles. The zero-order chi connectivity index (χ0) is 23.8. The number of nitrogens with zero attached hydrogens (tertiary/aromatic N) is 1. The maximum absolute atomic E-state index is 5.54. The summed E-state index contributed by atoms with van der Waals surface area (Å²) in [6.07, 6.45) is 0. The zero-order valence-corrected chi connectivity index (χ0v) is 19.7. The lowest BCUT2D eigenvalue weighted by Crippen LogP contribution is -1.97. The summed E-state index contributed by atoms with van der Waals surface area (Å²) in [6.45, 7) is 0. The van der Waals surface area contributed by atoms with Gasteiger partial charge in [0.25, 0.3) is 0 Å². The highest BCUT2D eigenvalue weighted by Gasteiger charge is 2.17. The van der Waals surface area contributed by atoms with Crippen LogP contribution in [0.5, 0.6) is 11.5 Å². The Morgan fingerprint density at radius 1 is 0.486 bits per heavy atom. The molecular weight excluding hydrogens is 430 g/mol. The molecule has 3 nitrogen and oxygen atoms in total. The summed E-state index contributed by atoms with van der Waals surface area (Å²) in [5.74, 6) is 1.67. The molecule has 0 fully saturated rings. The Labute approximate surface area is 204 Å². The van der Waals surface area contributed by atoms with Crippen LogP contribution >= 0.6 is 0 Å². The van der Waals surface area contributed by atoms with Crippen molar-refractivity contribution in [3.05, 3.63) is 115 Å². The average molecular weight is 456 g/mol. The van der Waals surface area contributed by atoms with E-state index in [0.717, 1.165) is 39.0 Å². The van der Waals surface area contributed by atoms with E-state index in [9.17, 15) is 0 Å². The molecular formula is C32H25NO2. The third kappa shape index (κ3) is 3.62. The van der Waals surface area contributed by atoms with Gasteiger partial charge in [0.15, 0.2) is 0 Å². The maximum Gasteiger partial charge on any atom is 0.119 e. The maximum atomic E-state index is 5.54. The molecule has 0 N–H and O–H groups in total. The van der Waals surface area contributed by atoms with Crippen molar-refractivity contribution in [2.75, 3.05) is 14.2 Å². The van der Waals surface area contributed by atoms with Gasteiger partial charge in [-0.05, 0) is 59.2 Å². The van der Waals surface area contributed by atoms with E-state index in [2.05, 4.69) is 102 Å². The van der Waals surface area contributed by atoms with E-state index >= 15 is 0 Å². The monoisotopic (exact) mass is 455 g/mol. The van der Waals surface area contributed by atoms with Crippen LogP contribution in [-0.4, -0.2) is 18.8 Å². The van der Waals surface area contributed by atoms with Gasteiger partial charge in [0.2, 0.25) is 0 Å². The van der Waals surface area contributed by atoms with Crippen molar-refractivity contribution in [2.45, 2.75) is 0 Å². The molecule has 0 aliphatic rings. The van der Waals surface area contributed by atoms with Gasteiger partial charge < -0.3 is 14.0 Å².